The van der Waals surface area contributed by atoms with Gasteiger partial charge in [-0.1, -0.05) is 18.2 Å². The third kappa shape index (κ3) is 4.52. The summed E-state index contributed by atoms with van der Waals surface area (Å²) in [7, 11) is -4.39. The summed E-state index contributed by atoms with van der Waals surface area (Å²) in [6.07, 6.45) is 2.62. The van der Waals surface area contributed by atoms with Crippen molar-refractivity contribution in [3.05, 3.63) is 88.4 Å². The lowest BCUT2D eigenvalue weighted by molar-refractivity contribution is -0.385. The molecule has 11 heteroatoms. The van der Waals surface area contributed by atoms with Crippen LogP contribution in [0.2, 0.25) is 0 Å². The zero-order chi connectivity index (χ0) is 20.1. The van der Waals surface area contributed by atoms with E-state index in [2.05, 4.69) is 20.5 Å². The summed E-state index contributed by atoms with van der Waals surface area (Å²) in [5.74, 6) is 0.241. The molecule has 0 saturated heterocycles. The van der Waals surface area contributed by atoms with Crippen LogP contribution in [0.15, 0.2) is 77.0 Å². The zero-order valence-corrected chi connectivity index (χ0v) is 14.9. The molecule has 0 amide bonds. The van der Waals surface area contributed by atoms with Crippen molar-refractivity contribution in [1.29, 1.82) is 0 Å². The monoisotopic (exact) mass is 399 g/mol. The molecule has 28 heavy (non-hydrogen) atoms. The number of nitrogens with zero attached hydrogens (tertiary/aromatic N) is 4. The predicted octanol–water partition coefficient (Wildman–Crippen LogP) is 2.50. The van der Waals surface area contributed by atoms with Crippen LogP contribution in [0, 0.1) is 10.1 Å². The predicted molar refractivity (Wildman–Crippen MR) is 101 cm³/mol. The van der Waals surface area contributed by atoms with E-state index in [1.807, 2.05) is 0 Å². The molecule has 0 aliphatic carbocycles. The molecule has 3 aromatic rings. The maximum absolute atomic E-state index is 11.4. The summed E-state index contributed by atoms with van der Waals surface area (Å²) in [5.41, 5.74) is 3.60. The molecule has 3 rings (SSSR count). The molecule has 142 valence electrons. The molecule has 2 heterocycles. The lowest BCUT2D eigenvalue weighted by Gasteiger charge is -2.08. The van der Waals surface area contributed by atoms with Crippen molar-refractivity contribution in [1.82, 2.24) is 9.97 Å². The quantitative estimate of drug-likeness (QED) is 0.278. The highest BCUT2D eigenvalue weighted by Crippen LogP contribution is 2.16. The van der Waals surface area contributed by atoms with Crippen LogP contribution in [0.1, 0.15) is 11.3 Å². The van der Waals surface area contributed by atoms with Crippen LogP contribution in [-0.2, 0) is 10.1 Å². The molecule has 1 aromatic carbocycles. The number of rotatable bonds is 6. The minimum Gasteiger partial charge on any atom is -0.282 e. The number of nitrogens with one attached hydrogen (secondary N) is 1. The van der Waals surface area contributed by atoms with Gasteiger partial charge < -0.3 is 0 Å². The molecule has 0 bridgehead atoms. The second-order valence-corrected chi connectivity index (χ2v) is 6.87. The van der Waals surface area contributed by atoms with E-state index in [0.717, 1.165) is 6.20 Å². The van der Waals surface area contributed by atoms with Gasteiger partial charge in [-0.05, 0) is 30.3 Å². The number of hydrogen-bond donors (Lipinski definition) is 2. The van der Waals surface area contributed by atoms with Crippen molar-refractivity contribution in [3.8, 4) is 0 Å². The van der Waals surface area contributed by atoms with E-state index in [1.54, 1.807) is 30.5 Å². The Balaban J connectivity index is 2.01. The summed E-state index contributed by atoms with van der Waals surface area (Å²) >= 11 is 0. The fourth-order valence-electron chi connectivity index (χ4n) is 2.25. The van der Waals surface area contributed by atoms with E-state index in [1.165, 1.54) is 30.3 Å². The van der Waals surface area contributed by atoms with E-state index in [0.29, 0.717) is 11.3 Å². The van der Waals surface area contributed by atoms with Crippen LogP contribution in [-0.4, -0.2) is 33.6 Å². The van der Waals surface area contributed by atoms with Gasteiger partial charge in [-0.15, -0.1) is 0 Å². The van der Waals surface area contributed by atoms with Gasteiger partial charge in [-0.25, -0.2) is 4.98 Å². The topological polar surface area (TPSA) is 148 Å². The molecule has 0 saturated carbocycles. The van der Waals surface area contributed by atoms with Crippen molar-refractivity contribution in [2.45, 2.75) is 4.90 Å². The first-order valence-electron chi connectivity index (χ1n) is 7.78. The Morgan fingerprint density at radius 3 is 2.54 bits per heavy atom. The molecule has 0 fully saturated rings. The van der Waals surface area contributed by atoms with Gasteiger partial charge in [0, 0.05) is 17.8 Å². The number of aromatic nitrogens is 2. The standard InChI is InChI=1S/C17H13N5O5S/c23-22(24)13-7-8-16(19-11-13)20-21-17(15-6-1-2-9-18-15)12-4-3-5-14(10-12)28(25,26)27/h1-11H,(H,19,20)(H,25,26,27)/b21-17-. The average Bonchev–Trinajstić information content (AvgIpc) is 2.69. The Hall–Kier alpha value is -3.70. The van der Waals surface area contributed by atoms with E-state index in [-0.39, 0.29) is 22.1 Å². The highest BCUT2D eigenvalue weighted by Gasteiger charge is 2.14. The summed E-state index contributed by atoms with van der Waals surface area (Å²) in [6, 6.07) is 13.3. The number of nitro groups is 1. The first-order valence-corrected chi connectivity index (χ1v) is 9.22. The third-order valence-corrected chi connectivity index (χ3v) is 4.40. The van der Waals surface area contributed by atoms with Crippen LogP contribution in [0.25, 0.3) is 0 Å². The molecular formula is C17H13N5O5S. The van der Waals surface area contributed by atoms with Gasteiger partial charge in [-0.2, -0.15) is 13.5 Å². The zero-order valence-electron chi connectivity index (χ0n) is 14.1. The Bertz CT molecular complexity index is 1130. The Labute approximate surface area is 159 Å². The van der Waals surface area contributed by atoms with E-state index in [4.69, 9.17) is 0 Å². The second kappa shape index (κ2) is 7.90. The number of hydrazone groups is 1. The van der Waals surface area contributed by atoms with Crippen LogP contribution in [0.3, 0.4) is 0 Å². The summed E-state index contributed by atoms with van der Waals surface area (Å²) < 4.78 is 32.1. The summed E-state index contributed by atoms with van der Waals surface area (Å²) in [5, 5.41) is 14.9. The number of hydrogen-bond acceptors (Lipinski definition) is 8. The van der Waals surface area contributed by atoms with Gasteiger partial charge in [0.15, 0.2) is 0 Å². The fraction of sp³-hybridized carbons (Fsp3) is 0. The fourth-order valence-corrected chi connectivity index (χ4v) is 2.78. The number of pyridine rings is 2. The van der Waals surface area contributed by atoms with Crippen molar-refractivity contribution in [3.63, 3.8) is 0 Å². The smallest absolute Gasteiger partial charge is 0.282 e. The normalized spacial score (nSPS) is 11.8. The highest BCUT2D eigenvalue weighted by atomic mass is 32.2. The van der Waals surface area contributed by atoms with E-state index in [9.17, 15) is 23.1 Å². The first kappa shape index (κ1) is 19.1. The van der Waals surface area contributed by atoms with Gasteiger partial charge in [-0.3, -0.25) is 25.1 Å². The molecule has 0 unspecified atom stereocenters. The highest BCUT2D eigenvalue weighted by molar-refractivity contribution is 7.85. The Morgan fingerprint density at radius 1 is 1.11 bits per heavy atom. The third-order valence-electron chi connectivity index (χ3n) is 3.55. The number of benzene rings is 1. The summed E-state index contributed by atoms with van der Waals surface area (Å²) in [6.45, 7) is 0. The lowest BCUT2D eigenvalue weighted by Crippen LogP contribution is -2.10. The minimum atomic E-state index is -4.39. The maximum atomic E-state index is 11.4. The Kier molecular flexibility index (Phi) is 5.38. The molecule has 0 spiro atoms. The van der Waals surface area contributed by atoms with Gasteiger partial charge >= 0.3 is 0 Å². The average molecular weight is 399 g/mol. The van der Waals surface area contributed by atoms with Gasteiger partial charge in [0.1, 0.15) is 17.7 Å². The summed E-state index contributed by atoms with van der Waals surface area (Å²) in [4.78, 5) is 17.9. The lowest BCUT2D eigenvalue weighted by atomic mass is 10.1. The number of anilines is 1. The molecule has 0 radical (unpaired) electrons. The Morgan fingerprint density at radius 2 is 1.93 bits per heavy atom. The molecule has 2 aromatic heterocycles. The van der Waals surface area contributed by atoms with Crippen molar-refractivity contribution >= 4 is 27.3 Å². The minimum absolute atomic E-state index is 0.166. The SMILES string of the molecule is O=[N+]([O-])c1ccc(N/N=C(/c2cccc(S(=O)(=O)O)c2)c2ccccn2)nc1. The van der Waals surface area contributed by atoms with E-state index >= 15 is 0 Å². The van der Waals surface area contributed by atoms with E-state index < -0.39 is 15.0 Å². The van der Waals surface area contributed by atoms with Gasteiger partial charge in [0.25, 0.3) is 15.8 Å². The van der Waals surface area contributed by atoms with Crippen molar-refractivity contribution in [2.24, 2.45) is 5.10 Å². The van der Waals surface area contributed by atoms with Crippen LogP contribution >= 0.6 is 0 Å². The van der Waals surface area contributed by atoms with Crippen LogP contribution < -0.4 is 5.43 Å². The van der Waals surface area contributed by atoms with Crippen LogP contribution in [0.5, 0.6) is 0 Å². The van der Waals surface area contributed by atoms with Crippen LogP contribution in [0.4, 0.5) is 11.5 Å². The van der Waals surface area contributed by atoms with Crippen molar-refractivity contribution < 1.29 is 17.9 Å². The van der Waals surface area contributed by atoms with Crippen molar-refractivity contribution in [2.75, 3.05) is 5.43 Å². The first-order chi connectivity index (χ1) is 13.3. The molecule has 0 aliphatic heterocycles. The maximum Gasteiger partial charge on any atom is 0.294 e. The molecular weight excluding hydrogens is 386 g/mol. The molecule has 0 aliphatic rings. The molecule has 10 nitrogen and oxygen atoms in total. The second-order valence-electron chi connectivity index (χ2n) is 5.45. The molecule has 0 atom stereocenters. The molecule has 2 N–H and O–H groups in total. The van der Waals surface area contributed by atoms with Gasteiger partial charge in [0.05, 0.1) is 15.5 Å². The van der Waals surface area contributed by atoms with Gasteiger partial charge in [0.2, 0.25) is 0 Å². The largest absolute Gasteiger partial charge is 0.294 e.